The molecule has 25 heavy (non-hydrogen) atoms. The molecule has 1 atom stereocenters. The standard InChI is InChI=1S/C18H18N6O/c1-13-20-21-22-24(13)15-7-4-6-14(12-15)18(25)23-11-5-9-17(23)16-8-2-3-10-19-16/h2-4,6-8,10,12,17H,5,9,11H2,1H3/t17-/m1/s1. The average molecular weight is 334 g/mol. The van der Waals surface area contributed by atoms with Gasteiger partial charge in [-0.05, 0) is 60.5 Å². The zero-order valence-corrected chi connectivity index (χ0v) is 13.9. The number of aryl methyl sites for hydroxylation is 1. The Kier molecular flexibility index (Phi) is 3.97. The van der Waals surface area contributed by atoms with Crippen LogP contribution in [-0.2, 0) is 0 Å². The van der Waals surface area contributed by atoms with Crippen LogP contribution in [0.3, 0.4) is 0 Å². The summed E-state index contributed by atoms with van der Waals surface area (Å²) in [4.78, 5) is 19.4. The average Bonchev–Trinajstić information content (AvgIpc) is 3.31. The highest BCUT2D eigenvalue weighted by Gasteiger charge is 2.31. The van der Waals surface area contributed by atoms with E-state index in [2.05, 4.69) is 20.5 Å². The largest absolute Gasteiger partial charge is 0.330 e. The zero-order chi connectivity index (χ0) is 17.2. The summed E-state index contributed by atoms with van der Waals surface area (Å²) >= 11 is 0. The third-order valence-corrected chi connectivity index (χ3v) is 4.51. The maximum absolute atomic E-state index is 13.1. The fourth-order valence-electron chi connectivity index (χ4n) is 3.30. The molecule has 126 valence electrons. The molecule has 7 heteroatoms. The van der Waals surface area contributed by atoms with E-state index < -0.39 is 0 Å². The van der Waals surface area contributed by atoms with Crippen molar-refractivity contribution in [1.29, 1.82) is 0 Å². The number of pyridine rings is 1. The second kappa shape index (κ2) is 6.43. The Hall–Kier alpha value is -3.09. The Morgan fingerprint density at radius 2 is 2.12 bits per heavy atom. The van der Waals surface area contributed by atoms with Crippen molar-refractivity contribution in [2.24, 2.45) is 0 Å². The first-order chi connectivity index (χ1) is 12.2. The molecule has 1 aromatic carbocycles. The molecule has 3 heterocycles. The number of carbonyl (C=O) groups excluding carboxylic acids is 1. The van der Waals surface area contributed by atoms with Crippen LogP contribution in [0, 0.1) is 6.92 Å². The minimum absolute atomic E-state index is 0.0146. The van der Waals surface area contributed by atoms with Gasteiger partial charge in [-0.3, -0.25) is 9.78 Å². The van der Waals surface area contributed by atoms with Gasteiger partial charge in [-0.2, -0.15) is 4.68 Å². The smallest absolute Gasteiger partial charge is 0.254 e. The first-order valence-corrected chi connectivity index (χ1v) is 8.31. The van der Waals surface area contributed by atoms with Gasteiger partial charge in [0.05, 0.1) is 17.4 Å². The maximum atomic E-state index is 13.1. The molecule has 0 bridgehead atoms. The van der Waals surface area contributed by atoms with Crippen molar-refractivity contribution in [1.82, 2.24) is 30.1 Å². The molecule has 1 fully saturated rings. The molecular weight excluding hydrogens is 316 g/mol. The zero-order valence-electron chi connectivity index (χ0n) is 13.9. The molecule has 1 saturated heterocycles. The number of aromatic nitrogens is 5. The molecule has 3 aromatic rings. The lowest BCUT2D eigenvalue weighted by molar-refractivity contribution is 0.0733. The van der Waals surface area contributed by atoms with Gasteiger partial charge >= 0.3 is 0 Å². The summed E-state index contributed by atoms with van der Waals surface area (Å²) in [6.45, 7) is 2.57. The molecule has 0 saturated carbocycles. The highest BCUT2D eigenvalue weighted by atomic mass is 16.2. The summed E-state index contributed by atoms with van der Waals surface area (Å²) in [7, 11) is 0. The van der Waals surface area contributed by atoms with Crippen LogP contribution in [0.1, 0.15) is 40.8 Å². The lowest BCUT2D eigenvalue weighted by atomic mass is 10.1. The molecular formula is C18H18N6O. The Balaban J connectivity index is 1.64. The third-order valence-electron chi connectivity index (χ3n) is 4.51. The fourth-order valence-corrected chi connectivity index (χ4v) is 3.30. The van der Waals surface area contributed by atoms with Crippen LogP contribution in [-0.4, -0.2) is 42.5 Å². The SMILES string of the molecule is Cc1nnnn1-c1cccc(C(=O)N2CCC[C@@H]2c2ccccn2)c1. The predicted octanol–water partition coefficient (Wildman–Crippen LogP) is 2.34. The van der Waals surface area contributed by atoms with Crippen molar-refractivity contribution in [3.8, 4) is 5.69 Å². The highest BCUT2D eigenvalue weighted by molar-refractivity contribution is 5.95. The van der Waals surface area contributed by atoms with E-state index in [0.717, 1.165) is 30.8 Å². The van der Waals surface area contributed by atoms with E-state index >= 15 is 0 Å². The summed E-state index contributed by atoms with van der Waals surface area (Å²) < 4.78 is 1.62. The molecule has 0 spiro atoms. The van der Waals surface area contributed by atoms with Crippen LogP contribution in [0.5, 0.6) is 0 Å². The number of hydrogen-bond donors (Lipinski definition) is 0. The lowest BCUT2D eigenvalue weighted by Gasteiger charge is -2.24. The number of nitrogens with zero attached hydrogens (tertiary/aromatic N) is 6. The molecule has 1 aliphatic heterocycles. The molecule has 1 aliphatic rings. The van der Waals surface area contributed by atoms with Crippen LogP contribution >= 0.6 is 0 Å². The van der Waals surface area contributed by atoms with Crippen molar-refractivity contribution >= 4 is 5.91 Å². The third kappa shape index (κ3) is 2.88. The van der Waals surface area contributed by atoms with Crippen molar-refractivity contribution in [3.63, 3.8) is 0 Å². The number of hydrogen-bond acceptors (Lipinski definition) is 5. The summed E-state index contributed by atoms with van der Waals surface area (Å²) in [5.74, 6) is 0.692. The van der Waals surface area contributed by atoms with Crippen molar-refractivity contribution < 1.29 is 4.79 Å². The Bertz CT molecular complexity index is 891. The molecule has 7 nitrogen and oxygen atoms in total. The highest BCUT2D eigenvalue weighted by Crippen LogP contribution is 2.32. The van der Waals surface area contributed by atoms with Crippen LogP contribution < -0.4 is 0 Å². The topological polar surface area (TPSA) is 76.8 Å². The van der Waals surface area contributed by atoms with Gasteiger partial charge in [-0.15, -0.1) is 5.10 Å². The summed E-state index contributed by atoms with van der Waals surface area (Å²) in [6, 6.07) is 13.3. The van der Waals surface area contributed by atoms with Gasteiger partial charge in [0, 0.05) is 18.3 Å². The predicted molar refractivity (Wildman–Crippen MR) is 91.1 cm³/mol. The van der Waals surface area contributed by atoms with Gasteiger partial charge < -0.3 is 4.90 Å². The summed E-state index contributed by atoms with van der Waals surface area (Å²) in [6.07, 6.45) is 3.70. The van der Waals surface area contributed by atoms with Gasteiger partial charge in [0.25, 0.3) is 5.91 Å². The maximum Gasteiger partial charge on any atom is 0.254 e. The first-order valence-electron chi connectivity index (χ1n) is 8.31. The quantitative estimate of drug-likeness (QED) is 0.735. The van der Waals surface area contributed by atoms with E-state index in [1.165, 1.54) is 0 Å². The second-order valence-electron chi connectivity index (χ2n) is 6.10. The Morgan fingerprint density at radius 3 is 2.88 bits per heavy atom. The van der Waals surface area contributed by atoms with Gasteiger partial charge in [-0.25, -0.2) is 0 Å². The second-order valence-corrected chi connectivity index (χ2v) is 6.10. The monoisotopic (exact) mass is 334 g/mol. The minimum atomic E-state index is 0.0146. The van der Waals surface area contributed by atoms with E-state index in [-0.39, 0.29) is 11.9 Å². The van der Waals surface area contributed by atoms with Gasteiger partial charge in [0.1, 0.15) is 0 Å². The number of benzene rings is 1. The van der Waals surface area contributed by atoms with E-state index in [9.17, 15) is 4.79 Å². The number of carbonyl (C=O) groups is 1. The normalized spacial score (nSPS) is 17.0. The summed E-state index contributed by atoms with van der Waals surface area (Å²) in [5, 5.41) is 11.5. The Morgan fingerprint density at radius 1 is 1.20 bits per heavy atom. The van der Waals surface area contributed by atoms with Crippen LogP contribution in [0.4, 0.5) is 0 Å². The van der Waals surface area contributed by atoms with Gasteiger partial charge in [0.15, 0.2) is 5.82 Å². The molecule has 0 radical (unpaired) electrons. The minimum Gasteiger partial charge on any atom is -0.330 e. The number of tetrazole rings is 1. The van der Waals surface area contributed by atoms with Crippen molar-refractivity contribution in [2.75, 3.05) is 6.54 Å². The van der Waals surface area contributed by atoms with Gasteiger partial charge in [-0.1, -0.05) is 12.1 Å². The van der Waals surface area contributed by atoms with Crippen LogP contribution in [0.15, 0.2) is 48.7 Å². The van der Waals surface area contributed by atoms with E-state index in [4.69, 9.17) is 0 Å². The lowest BCUT2D eigenvalue weighted by Crippen LogP contribution is -2.31. The van der Waals surface area contributed by atoms with Crippen LogP contribution in [0.25, 0.3) is 5.69 Å². The summed E-state index contributed by atoms with van der Waals surface area (Å²) in [5.41, 5.74) is 2.36. The van der Waals surface area contributed by atoms with E-state index in [1.54, 1.807) is 10.9 Å². The van der Waals surface area contributed by atoms with Crippen LogP contribution in [0.2, 0.25) is 0 Å². The van der Waals surface area contributed by atoms with E-state index in [0.29, 0.717) is 11.4 Å². The first kappa shape index (κ1) is 15.4. The molecule has 0 N–H and O–H groups in total. The molecule has 2 aromatic heterocycles. The fraction of sp³-hybridized carbons (Fsp3) is 0.278. The molecule has 0 unspecified atom stereocenters. The van der Waals surface area contributed by atoms with Crippen molar-refractivity contribution in [2.45, 2.75) is 25.8 Å². The molecule has 1 amide bonds. The van der Waals surface area contributed by atoms with Crippen molar-refractivity contribution in [3.05, 3.63) is 65.7 Å². The number of likely N-dealkylation sites (tertiary alicyclic amines) is 1. The Labute approximate surface area is 145 Å². The molecule has 4 rings (SSSR count). The number of amides is 1. The molecule has 0 aliphatic carbocycles. The van der Waals surface area contributed by atoms with E-state index in [1.807, 2.05) is 54.3 Å². The number of rotatable bonds is 3. The van der Waals surface area contributed by atoms with Gasteiger partial charge in [0.2, 0.25) is 0 Å².